The number of aliphatic hydroxyl groups is 2. The van der Waals surface area contributed by atoms with Crippen LogP contribution in [0.3, 0.4) is 0 Å². The molecule has 0 spiro atoms. The van der Waals surface area contributed by atoms with Crippen molar-refractivity contribution < 1.29 is 36.7 Å². The first-order valence-electron chi connectivity index (χ1n) is 3.79. The first kappa shape index (κ1) is 29.2. The number of hydrogen-bond donors (Lipinski definition) is 2. The average molecular weight is 239 g/mol. The summed E-state index contributed by atoms with van der Waals surface area (Å²) >= 11 is 0. The third-order valence-electron chi connectivity index (χ3n) is 0.334. The Bertz CT molecular complexity index is 94.1. The SMILES string of the molecule is CCO.CCO.[CH2-]CCN=C=O.[CH3-].[Ti+2]. The van der Waals surface area contributed by atoms with Gasteiger partial charge in [-0.1, -0.05) is 0 Å². The van der Waals surface area contributed by atoms with Gasteiger partial charge in [0.1, 0.15) is 0 Å². The second-order valence-electron chi connectivity index (χ2n) is 1.46. The van der Waals surface area contributed by atoms with Crippen LogP contribution in [0.2, 0.25) is 0 Å². The van der Waals surface area contributed by atoms with Gasteiger partial charge in [0.15, 0.2) is 0 Å². The summed E-state index contributed by atoms with van der Waals surface area (Å²) in [6.07, 6.45) is 2.08. The molecule has 0 saturated carbocycles. The van der Waals surface area contributed by atoms with E-state index in [0.717, 1.165) is 0 Å². The number of aliphatic hydroxyl groups excluding tert-OH is 2. The van der Waals surface area contributed by atoms with Crippen molar-refractivity contribution in [2.75, 3.05) is 19.8 Å². The quantitative estimate of drug-likeness (QED) is 0.327. The Kier molecular flexibility index (Phi) is 108. The molecule has 0 aromatic rings. The van der Waals surface area contributed by atoms with Crippen LogP contribution >= 0.6 is 0 Å². The summed E-state index contributed by atoms with van der Waals surface area (Å²) in [6.45, 7) is 7.82. The smallest absolute Gasteiger partial charge is 0.397 e. The van der Waals surface area contributed by atoms with E-state index in [-0.39, 0.29) is 42.4 Å². The third-order valence-corrected chi connectivity index (χ3v) is 0.334. The topological polar surface area (TPSA) is 69.9 Å². The molecule has 0 atom stereocenters. The second-order valence-corrected chi connectivity index (χ2v) is 1.46. The van der Waals surface area contributed by atoms with E-state index in [4.69, 9.17) is 10.2 Å². The molecule has 0 aromatic heterocycles. The zero-order chi connectivity index (χ0) is 10.2. The summed E-state index contributed by atoms with van der Waals surface area (Å²) in [4.78, 5) is 12.5. The molecule has 0 saturated heterocycles. The van der Waals surface area contributed by atoms with Crippen molar-refractivity contribution in [3.8, 4) is 0 Å². The van der Waals surface area contributed by atoms with Crippen molar-refractivity contribution in [3.63, 3.8) is 0 Å². The molecule has 0 aromatic carbocycles. The standard InChI is InChI=1S/C4H6NO.2C2H6O.CH3.Ti/c1-2-3-5-4-6;2*1-2-3;;/h1-3H2;2*3H,2H2,1H3;1H3;/q-1;;;-1;+2. The number of rotatable bonds is 2. The summed E-state index contributed by atoms with van der Waals surface area (Å²) in [5.41, 5.74) is 0. The summed E-state index contributed by atoms with van der Waals surface area (Å²) in [6, 6.07) is 0. The molecule has 84 valence electrons. The molecule has 2 N–H and O–H groups in total. The van der Waals surface area contributed by atoms with E-state index < -0.39 is 0 Å². The van der Waals surface area contributed by atoms with Crippen LogP contribution < -0.4 is 0 Å². The maximum Gasteiger partial charge on any atom is 2.00 e. The summed E-state index contributed by atoms with van der Waals surface area (Å²) in [7, 11) is 0. The van der Waals surface area contributed by atoms with Crippen molar-refractivity contribution in [3.05, 3.63) is 14.4 Å². The van der Waals surface area contributed by atoms with E-state index in [2.05, 4.69) is 11.9 Å². The van der Waals surface area contributed by atoms with Gasteiger partial charge in [-0.3, -0.25) is 0 Å². The molecule has 0 aliphatic heterocycles. The predicted octanol–water partition coefficient (Wildman–Crippen LogP) is 0.991. The van der Waals surface area contributed by atoms with E-state index in [1.54, 1.807) is 13.8 Å². The van der Waals surface area contributed by atoms with E-state index in [1.165, 1.54) is 6.08 Å². The molecular weight excluding hydrogens is 218 g/mol. The van der Waals surface area contributed by atoms with Gasteiger partial charge >= 0.3 is 21.7 Å². The number of nitrogens with zero attached hydrogens (tertiary/aromatic N) is 1. The van der Waals surface area contributed by atoms with Gasteiger partial charge in [0, 0.05) is 19.8 Å². The zero-order valence-corrected chi connectivity index (χ0v) is 10.8. The van der Waals surface area contributed by atoms with Crippen LogP contribution in [0.25, 0.3) is 0 Å². The van der Waals surface area contributed by atoms with Gasteiger partial charge < -0.3 is 24.6 Å². The second kappa shape index (κ2) is 51.9. The minimum Gasteiger partial charge on any atom is -0.397 e. The molecule has 14 heavy (non-hydrogen) atoms. The van der Waals surface area contributed by atoms with Crippen LogP contribution in [0.15, 0.2) is 4.99 Å². The Morgan fingerprint density at radius 1 is 1.29 bits per heavy atom. The molecule has 0 aliphatic carbocycles. The van der Waals surface area contributed by atoms with Crippen molar-refractivity contribution in [1.82, 2.24) is 0 Å². The number of hydrogen-bond acceptors (Lipinski definition) is 4. The van der Waals surface area contributed by atoms with E-state index in [0.29, 0.717) is 13.0 Å². The van der Waals surface area contributed by atoms with Crippen LogP contribution in [-0.4, -0.2) is 36.1 Å². The molecule has 0 rings (SSSR count). The zero-order valence-electron chi connectivity index (χ0n) is 9.29. The minimum atomic E-state index is 0. The van der Waals surface area contributed by atoms with E-state index in [1.807, 2.05) is 0 Å². The van der Waals surface area contributed by atoms with Gasteiger partial charge in [-0.05, 0) is 13.8 Å². The first-order valence-corrected chi connectivity index (χ1v) is 3.79. The molecule has 0 fully saturated rings. The molecule has 0 radical (unpaired) electrons. The van der Waals surface area contributed by atoms with Gasteiger partial charge in [-0.25, -0.2) is 9.79 Å². The van der Waals surface area contributed by atoms with Gasteiger partial charge in [-0.2, -0.15) is 6.42 Å². The van der Waals surface area contributed by atoms with Gasteiger partial charge in [0.2, 0.25) is 6.08 Å². The van der Waals surface area contributed by atoms with Gasteiger partial charge in [0.25, 0.3) is 0 Å². The number of carbonyl (C=O) groups excluding carboxylic acids is 1. The van der Waals surface area contributed by atoms with Gasteiger partial charge in [-0.15, -0.1) is 0 Å². The maximum absolute atomic E-state index is 9.24. The summed E-state index contributed by atoms with van der Waals surface area (Å²) in [5, 5.41) is 15.1. The Balaban J connectivity index is -0.0000000297. The van der Waals surface area contributed by atoms with Crippen molar-refractivity contribution >= 4 is 6.08 Å². The molecule has 0 unspecified atom stereocenters. The van der Waals surface area contributed by atoms with Crippen LogP contribution in [0.5, 0.6) is 0 Å². The molecular formula is C9H21NO3Ti. The largest absolute Gasteiger partial charge is 2.00 e. The fraction of sp³-hybridized carbons (Fsp3) is 0.667. The summed E-state index contributed by atoms with van der Waals surface area (Å²) in [5.74, 6) is 0. The van der Waals surface area contributed by atoms with Crippen LogP contribution in [0, 0.1) is 14.4 Å². The number of isocyanates is 1. The Morgan fingerprint density at radius 2 is 1.57 bits per heavy atom. The molecule has 0 amide bonds. The van der Waals surface area contributed by atoms with Crippen LogP contribution in [-0.2, 0) is 26.5 Å². The fourth-order valence-electron chi connectivity index (χ4n) is 0.125. The van der Waals surface area contributed by atoms with Gasteiger partial charge in [0.05, 0.1) is 0 Å². The minimum absolute atomic E-state index is 0. The first-order chi connectivity index (χ1) is 5.74. The fourth-order valence-corrected chi connectivity index (χ4v) is 0.125. The third kappa shape index (κ3) is 160. The molecule has 0 aliphatic rings. The predicted molar refractivity (Wildman–Crippen MR) is 54.9 cm³/mol. The van der Waals surface area contributed by atoms with E-state index >= 15 is 0 Å². The van der Waals surface area contributed by atoms with Crippen molar-refractivity contribution in [2.24, 2.45) is 4.99 Å². The van der Waals surface area contributed by atoms with Crippen molar-refractivity contribution in [2.45, 2.75) is 20.3 Å². The molecule has 0 heterocycles. The average Bonchev–Trinajstić information content (AvgIpc) is 2.04. The maximum atomic E-state index is 9.24. The molecule has 0 bridgehead atoms. The molecule has 4 nitrogen and oxygen atoms in total. The van der Waals surface area contributed by atoms with Crippen molar-refractivity contribution in [1.29, 1.82) is 0 Å². The van der Waals surface area contributed by atoms with Crippen LogP contribution in [0.1, 0.15) is 20.3 Å². The monoisotopic (exact) mass is 239 g/mol. The Labute approximate surface area is 102 Å². The molecule has 5 heteroatoms. The summed E-state index contributed by atoms with van der Waals surface area (Å²) < 4.78 is 0. The Morgan fingerprint density at radius 3 is 1.64 bits per heavy atom. The normalized spacial score (nSPS) is 5.50. The number of aliphatic imine (C=N–C) groups is 1. The Hall–Kier alpha value is 0.0143. The van der Waals surface area contributed by atoms with Crippen LogP contribution in [0.4, 0.5) is 0 Å². The van der Waals surface area contributed by atoms with E-state index in [9.17, 15) is 4.79 Å².